The van der Waals surface area contributed by atoms with Crippen LogP contribution in [0, 0.1) is 0 Å². The van der Waals surface area contributed by atoms with Crippen LogP contribution in [0.3, 0.4) is 0 Å². The van der Waals surface area contributed by atoms with Gasteiger partial charge in [0.25, 0.3) is 5.91 Å². The Morgan fingerprint density at radius 1 is 1.03 bits per heavy atom. The largest absolute Gasteiger partial charge is 0.508 e. The molecule has 0 spiro atoms. The van der Waals surface area contributed by atoms with Crippen molar-refractivity contribution in [3.05, 3.63) is 84.6 Å². The number of benzene rings is 2. The maximum atomic E-state index is 13.2. The first-order valence-electron chi connectivity index (χ1n) is 10.3. The Kier molecular flexibility index (Phi) is 4.78. The number of aromatic hydroxyl groups is 1. The van der Waals surface area contributed by atoms with E-state index < -0.39 is 23.7 Å². The van der Waals surface area contributed by atoms with Gasteiger partial charge < -0.3 is 19.6 Å². The number of para-hydroxylation sites is 1. The third kappa shape index (κ3) is 3.38. The first-order valence-corrected chi connectivity index (χ1v) is 10.3. The predicted molar refractivity (Wildman–Crippen MR) is 115 cm³/mol. The van der Waals surface area contributed by atoms with Crippen molar-refractivity contribution in [2.45, 2.75) is 24.9 Å². The molecule has 4 aromatic rings. The molecule has 3 heterocycles. The number of rotatable bonds is 6. The normalized spacial score (nSPS) is 18.9. The summed E-state index contributed by atoms with van der Waals surface area (Å²) in [5.41, 5.74) is 2.58. The first-order chi connectivity index (χ1) is 15.1. The zero-order valence-electron chi connectivity index (χ0n) is 16.8. The van der Waals surface area contributed by atoms with Crippen LogP contribution in [-0.4, -0.2) is 42.8 Å². The molecule has 1 aliphatic heterocycles. The van der Waals surface area contributed by atoms with Gasteiger partial charge in [-0.3, -0.25) is 9.59 Å². The fourth-order valence-electron chi connectivity index (χ4n) is 4.51. The molecule has 2 aromatic carbocycles. The van der Waals surface area contributed by atoms with Gasteiger partial charge in [0.05, 0.1) is 18.3 Å². The third-order valence-electron chi connectivity index (χ3n) is 5.97. The van der Waals surface area contributed by atoms with Crippen molar-refractivity contribution < 1.29 is 14.7 Å². The van der Waals surface area contributed by atoms with E-state index in [1.807, 2.05) is 41.2 Å². The van der Waals surface area contributed by atoms with Crippen molar-refractivity contribution in [2.75, 3.05) is 6.54 Å². The molecule has 0 bridgehead atoms. The molecular formula is C24H22N4O3. The predicted octanol–water partition coefficient (Wildman–Crippen LogP) is 3.40. The van der Waals surface area contributed by atoms with Crippen LogP contribution in [0.25, 0.3) is 10.9 Å². The number of Topliss-reactive ketones (excluding diaryl/α,β-unsaturated/α-hetero) is 1. The van der Waals surface area contributed by atoms with Crippen LogP contribution in [0.4, 0.5) is 0 Å². The molecular weight excluding hydrogens is 392 g/mol. The summed E-state index contributed by atoms with van der Waals surface area (Å²) in [6, 6.07) is 14.1. The van der Waals surface area contributed by atoms with Crippen LogP contribution in [0.5, 0.6) is 5.75 Å². The highest BCUT2D eigenvalue weighted by Gasteiger charge is 2.49. The van der Waals surface area contributed by atoms with Crippen LogP contribution < -0.4 is 0 Å². The zero-order chi connectivity index (χ0) is 21.4. The minimum absolute atomic E-state index is 0.148. The number of aryl methyl sites for hydroxylation is 1. The van der Waals surface area contributed by atoms with E-state index in [2.05, 4.69) is 9.97 Å². The summed E-state index contributed by atoms with van der Waals surface area (Å²) >= 11 is 0. The lowest BCUT2D eigenvalue weighted by molar-refractivity contribution is -0.140. The summed E-state index contributed by atoms with van der Waals surface area (Å²) in [5.74, 6) is -1.32. The molecule has 1 saturated heterocycles. The maximum absolute atomic E-state index is 13.2. The Morgan fingerprint density at radius 3 is 2.61 bits per heavy atom. The van der Waals surface area contributed by atoms with Crippen molar-refractivity contribution in [2.24, 2.45) is 0 Å². The molecule has 5 rings (SSSR count). The van der Waals surface area contributed by atoms with E-state index in [0.29, 0.717) is 19.5 Å². The van der Waals surface area contributed by atoms with E-state index in [1.165, 1.54) is 0 Å². The number of aromatic amines is 1. The number of aromatic nitrogens is 3. The Hall–Kier alpha value is -3.87. The number of phenolic OH excluding ortho intramolecular Hbond substituents is 1. The van der Waals surface area contributed by atoms with Gasteiger partial charge in [-0.15, -0.1) is 0 Å². The van der Waals surface area contributed by atoms with Gasteiger partial charge in [-0.05, 0) is 35.7 Å². The van der Waals surface area contributed by atoms with Crippen LogP contribution in [0.1, 0.15) is 29.5 Å². The Morgan fingerprint density at radius 2 is 1.84 bits per heavy atom. The number of hydrogen-bond donors (Lipinski definition) is 2. The van der Waals surface area contributed by atoms with Crippen LogP contribution in [0.15, 0.2) is 73.4 Å². The van der Waals surface area contributed by atoms with Gasteiger partial charge in [-0.25, -0.2) is 4.98 Å². The molecule has 31 heavy (non-hydrogen) atoms. The van der Waals surface area contributed by atoms with E-state index in [9.17, 15) is 14.7 Å². The molecule has 1 amide bonds. The monoisotopic (exact) mass is 414 g/mol. The number of carbonyl (C=O) groups excluding carboxylic acids is 2. The number of carbonyl (C=O) groups is 2. The van der Waals surface area contributed by atoms with E-state index in [4.69, 9.17) is 0 Å². The topological polar surface area (TPSA) is 91.2 Å². The number of H-pyrrole nitrogens is 1. The van der Waals surface area contributed by atoms with Crippen LogP contribution in [0.2, 0.25) is 0 Å². The number of likely N-dealkylation sites (tertiary alicyclic amines) is 1. The molecule has 7 heteroatoms. The van der Waals surface area contributed by atoms with Gasteiger partial charge in [0, 0.05) is 42.6 Å². The number of fused-ring (bicyclic) bond motifs is 1. The number of nitrogens with one attached hydrogen (secondary N) is 1. The fourth-order valence-corrected chi connectivity index (χ4v) is 4.51. The fraction of sp³-hybridized carbons (Fsp3) is 0.208. The highest BCUT2D eigenvalue weighted by Crippen LogP contribution is 2.44. The minimum Gasteiger partial charge on any atom is -0.508 e. The average molecular weight is 414 g/mol. The molecule has 2 unspecified atom stereocenters. The van der Waals surface area contributed by atoms with Crippen LogP contribution >= 0.6 is 0 Å². The molecule has 2 aromatic heterocycles. The summed E-state index contributed by atoms with van der Waals surface area (Å²) in [6.07, 6.45) is 7.87. The van der Waals surface area contributed by atoms with Gasteiger partial charge in [0.15, 0.2) is 0 Å². The molecule has 7 nitrogen and oxygen atoms in total. The van der Waals surface area contributed by atoms with E-state index in [0.717, 1.165) is 22.0 Å². The van der Waals surface area contributed by atoms with Crippen molar-refractivity contribution >= 4 is 22.6 Å². The van der Waals surface area contributed by atoms with Crippen molar-refractivity contribution in [3.63, 3.8) is 0 Å². The molecule has 0 radical (unpaired) electrons. The molecule has 0 saturated carbocycles. The lowest BCUT2D eigenvalue weighted by Crippen LogP contribution is -2.31. The van der Waals surface area contributed by atoms with Gasteiger partial charge in [0.2, 0.25) is 5.78 Å². The highest BCUT2D eigenvalue weighted by molar-refractivity contribution is 6.40. The summed E-state index contributed by atoms with van der Waals surface area (Å²) < 4.78 is 1.95. The van der Waals surface area contributed by atoms with Gasteiger partial charge in [-0.1, -0.05) is 30.3 Å². The Labute approximate surface area is 179 Å². The molecule has 0 aliphatic carbocycles. The maximum Gasteiger partial charge on any atom is 0.291 e. The summed E-state index contributed by atoms with van der Waals surface area (Å²) in [5, 5.41) is 10.7. The van der Waals surface area contributed by atoms with Crippen molar-refractivity contribution in [1.29, 1.82) is 0 Å². The molecule has 2 N–H and O–H groups in total. The smallest absolute Gasteiger partial charge is 0.291 e. The van der Waals surface area contributed by atoms with Gasteiger partial charge in [-0.2, -0.15) is 0 Å². The Balaban J connectivity index is 1.53. The van der Waals surface area contributed by atoms with E-state index >= 15 is 0 Å². The molecule has 1 fully saturated rings. The number of amides is 1. The second-order valence-corrected chi connectivity index (χ2v) is 7.82. The summed E-state index contributed by atoms with van der Waals surface area (Å²) in [6.45, 7) is 1.16. The molecule has 156 valence electrons. The molecule has 2 atom stereocenters. The number of ketones is 1. The van der Waals surface area contributed by atoms with Gasteiger partial charge in [0.1, 0.15) is 5.75 Å². The first kappa shape index (κ1) is 19.1. The Bertz CT molecular complexity index is 1230. The number of hydrogen-bond acceptors (Lipinski definition) is 4. The average Bonchev–Trinajstić information content (AvgIpc) is 3.50. The van der Waals surface area contributed by atoms with Crippen molar-refractivity contribution in [1.82, 2.24) is 19.4 Å². The quantitative estimate of drug-likeness (QED) is 0.473. The van der Waals surface area contributed by atoms with E-state index in [1.54, 1.807) is 41.7 Å². The number of phenols is 1. The van der Waals surface area contributed by atoms with Crippen LogP contribution in [-0.2, 0) is 16.1 Å². The second kappa shape index (κ2) is 7.75. The SMILES string of the molecule is O=C1C(=O)N(CCCn2ccnc2)C(c2ccc(O)cc2)C1c1c[nH]c2ccccc12. The lowest BCUT2D eigenvalue weighted by atomic mass is 9.86. The summed E-state index contributed by atoms with van der Waals surface area (Å²) in [7, 11) is 0. The highest BCUT2D eigenvalue weighted by atomic mass is 16.3. The minimum atomic E-state index is -0.610. The van der Waals surface area contributed by atoms with Gasteiger partial charge >= 0.3 is 0 Å². The van der Waals surface area contributed by atoms with E-state index in [-0.39, 0.29) is 5.75 Å². The molecule has 1 aliphatic rings. The van der Waals surface area contributed by atoms with Crippen molar-refractivity contribution in [3.8, 4) is 5.75 Å². The lowest BCUT2D eigenvalue weighted by Gasteiger charge is -2.28. The standard InChI is InChI=1S/C24H22N4O3/c29-17-8-6-16(7-9-17)22-21(19-14-26-20-5-2-1-4-18(19)20)23(30)24(31)28(22)12-3-11-27-13-10-25-15-27/h1-2,4-10,13-15,21-22,26,29H,3,11-12H2. The second-order valence-electron chi connectivity index (χ2n) is 7.82. The summed E-state index contributed by atoms with van der Waals surface area (Å²) in [4.78, 5) is 35.3. The zero-order valence-corrected chi connectivity index (χ0v) is 16.8. The number of imidazole rings is 1. The number of nitrogens with zero attached hydrogens (tertiary/aromatic N) is 3. The third-order valence-corrected chi connectivity index (χ3v) is 5.97.